The lowest BCUT2D eigenvalue weighted by Crippen LogP contribution is -2.11. The molecule has 0 spiro atoms. The van der Waals surface area contributed by atoms with Gasteiger partial charge in [0.2, 0.25) is 0 Å². The molecule has 0 saturated carbocycles. The van der Waals surface area contributed by atoms with E-state index in [4.69, 9.17) is 4.74 Å². The molecular formula is C19H20BrNO4. The molecule has 0 aliphatic carbocycles. The maximum atomic E-state index is 12.2. The van der Waals surface area contributed by atoms with E-state index in [1.165, 1.54) is 12.3 Å². The molecule has 2 rings (SSSR count). The number of aryl methyl sites for hydroxylation is 1. The molecule has 0 aliphatic rings. The Morgan fingerprint density at radius 1 is 1.24 bits per heavy atom. The second kappa shape index (κ2) is 8.27. The molecule has 1 atom stereocenters. The molecule has 0 saturated heterocycles. The van der Waals surface area contributed by atoms with E-state index in [1.807, 2.05) is 32.9 Å². The number of aliphatic hydroxyl groups excluding tert-OH is 1. The predicted octanol–water partition coefficient (Wildman–Crippen LogP) is 4.08. The van der Waals surface area contributed by atoms with Crippen LogP contribution in [0.15, 0.2) is 45.9 Å². The van der Waals surface area contributed by atoms with Crippen molar-refractivity contribution in [3.05, 3.63) is 57.6 Å². The molecule has 0 aliphatic heterocycles. The fraction of sp³-hybridized carbons (Fsp3) is 0.263. The number of hydrogen-bond donors (Lipinski definition) is 2. The Labute approximate surface area is 155 Å². The molecule has 1 unspecified atom stereocenters. The van der Waals surface area contributed by atoms with Crippen LogP contribution in [-0.2, 0) is 0 Å². The van der Waals surface area contributed by atoms with Gasteiger partial charge in [-0.2, -0.15) is 0 Å². The summed E-state index contributed by atoms with van der Waals surface area (Å²) >= 11 is 3.31. The Kier molecular flexibility index (Phi) is 6.33. The maximum absolute atomic E-state index is 12.2. The second-order valence-corrected chi connectivity index (χ2v) is 6.95. The first kappa shape index (κ1) is 19.1. The van der Waals surface area contributed by atoms with Gasteiger partial charge in [0.1, 0.15) is 6.23 Å². The van der Waals surface area contributed by atoms with E-state index in [9.17, 15) is 15.0 Å². The van der Waals surface area contributed by atoms with E-state index in [0.717, 1.165) is 5.56 Å². The van der Waals surface area contributed by atoms with Gasteiger partial charge in [0.25, 0.3) is 0 Å². The van der Waals surface area contributed by atoms with Crippen molar-refractivity contribution in [1.82, 2.24) is 0 Å². The molecule has 25 heavy (non-hydrogen) atoms. The monoisotopic (exact) mass is 405 g/mol. The standard InChI is InChI=1S/C19H20BrNO4/c1-11(2)18(23)21-10-14-8-15(20)9-16(17(14)22)25-19(24)13-6-4-12(3)5-7-13/h4-11,18,22-23H,1-3H3/b21-10+. The van der Waals surface area contributed by atoms with Crippen molar-refractivity contribution in [2.75, 3.05) is 0 Å². The van der Waals surface area contributed by atoms with Crippen LogP contribution in [0.3, 0.4) is 0 Å². The highest BCUT2D eigenvalue weighted by atomic mass is 79.9. The van der Waals surface area contributed by atoms with Crippen LogP contribution in [0.2, 0.25) is 0 Å². The van der Waals surface area contributed by atoms with Gasteiger partial charge in [0.05, 0.1) is 5.56 Å². The van der Waals surface area contributed by atoms with Gasteiger partial charge in [-0.25, -0.2) is 4.79 Å². The zero-order valence-electron chi connectivity index (χ0n) is 14.2. The van der Waals surface area contributed by atoms with Crippen LogP contribution < -0.4 is 4.74 Å². The van der Waals surface area contributed by atoms with E-state index in [0.29, 0.717) is 15.6 Å². The van der Waals surface area contributed by atoms with Gasteiger partial charge in [-0.15, -0.1) is 0 Å². The lowest BCUT2D eigenvalue weighted by molar-refractivity contribution is 0.0729. The van der Waals surface area contributed by atoms with Gasteiger partial charge in [0.15, 0.2) is 11.5 Å². The lowest BCUT2D eigenvalue weighted by Gasteiger charge is -2.11. The fourth-order valence-corrected chi connectivity index (χ4v) is 2.40. The van der Waals surface area contributed by atoms with Crippen molar-refractivity contribution in [1.29, 1.82) is 0 Å². The summed E-state index contributed by atoms with van der Waals surface area (Å²) in [6.45, 7) is 5.58. The van der Waals surface area contributed by atoms with Gasteiger partial charge in [-0.05, 0) is 37.1 Å². The number of phenols is 1. The average Bonchev–Trinajstić information content (AvgIpc) is 2.56. The summed E-state index contributed by atoms with van der Waals surface area (Å²) in [6.07, 6.45) is 0.477. The number of ether oxygens (including phenoxy) is 1. The smallest absolute Gasteiger partial charge is 0.343 e. The fourth-order valence-electron chi connectivity index (χ4n) is 1.95. The Balaban J connectivity index is 2.26. The summed E-state index contributed by atoms with van der Waals surface area (Å²) in [5.41, 5.74) is 1.75. The van der Waals surface area contributed by atoms with Crippen molar-refractivity contribution >= 4 is 28.1 Å². The molecule has 0 bridgehead atoms. The van der Waals surface area contributed by atoms with E-state index in [-0.39, 0.29) is 17.4 Å². The molecule has 0 radical (unpaired) electrons. The van der Waals surface area contributed by atoms with Crippen molar-refractivity contribution in [3.63, 3.8) is 0 Å². The summed E-state index contributed by atoms with van der Waals surface area (Å²) in [6, 6.07) is 10.1. The van der Waals surface area contributed by atoms with Crippen LogP contribution in [0.5, 0.6) is 11.5 Å². The van der Waals surface area contributed by atoms with E-state index in [2.05, 4.69) is 20.9 Å². The van der Waals surface area contributed by atoms with Gasteiger partial charge in [-0.1, -0.05) is 47.5 Å². The first-order valence-electron chi connectivity index (χ1n) is 7.80. The van der Waals surface area contributed by atoms with Crippen molar-refractivity contribution in [2.45, 2.75) is 27.0 Å². The molecule has 2 aromatic carbocycles. The first-order chi connectivity index (χ1) is 11.8. The number of benzene rings is 2. The van der Waals surface area contributed by atoms with Crippen LogP contribution in [0.1, 0.15) is 35.3 Å². The molecule has 6 heteroatoms. The molecule has 0 heterocycles. The molecular weight excluding hydrogens is 386 g/mol. The SMILES string of the molecule is Cc1ccc(C(=O)Oc2cc(Br)cc(/C=N/C(O)C(C)C)c2O)cc1. The van der Waals surface area contributed by atoms with Gasteiger partial charge < -0.3 is 14.9 Å². The Morgan fingerprint density at radius 2 is 1.88 bits per heavy atom. The Hall–Kier alpha value is -2.18. The second-order valence-electron chi connectivity index (χ2n) is 6.03. The van der Waals surface area contributed by atoms with Crippen LogP contribution in [0.4, 0.5) is 0 Å². The average molecular weight is 406 g/mol. The number of esters is 1. The van der Waals surface area contributed by atoms with Crippen molar-refractivity contribution < 1.29 is 19.7 Å². The first-order valence-corrected chi connectivity index (χ1v) is 8.60. The highest BCUT2D eigenvalue weighted by molar-refractivity contribution is 9.10. The van der Waals surface area contributed by atoms with Crippen LogP contribution in [0.25, 0.3) is 0 Å². The topological polar surface area (TPSA) is 79.1 Å². The number of carbonyl (C=O) groups excluding carboxylic acids is 1. The molecule has 132 valence electrons. The minimum absolute atomic E-state index is 0.0143. The molecule has 0 amide bonds. The molecule has 5 nitrogen and oxygen atoms in total. The third kappa shape index (κ3) is 5.14. The zero-order chi connectivity index (χ0) is 18.6. The molecule has 2 aromatic rings. The van der Waals surface area contributed by atoms with Gasteiger partial charge >= 0.3 is 5.97 Å². The number of phenolic OH excluding ortho intramolecular Hbond substituents is 1. The summed E-state index contributed by atoms with van der Waals surface area (Å²) < 4.78 is 5.91. The van der Waals surface area contributed by atoms with E-state index >= 15 is 0 Å². The molecule has 0 fully saturated rings. The number of aliphatic imine (C=N–C) groups is 1. The zero-order valence-corrected chi connectivity index (χ0v) is 15.8. The van der Waals surface area contributed by atoms with E-state index in [1.54, 1.807) is 18.2 Å². The number of hydrogen-bond acceptors (Lipinski definition) is 5. The lowest BCUT2D eigenvalue weighted by atomic mass is 10.1. The predicted molar refractivity (Wildman–Crippen MR) is 100 cm³/mol. The molecule has 0 aromatic heterocycles. The third-order valence-corrected chi connectivity index (χ3v) is 3.98. The normalized spacial score (nSPS) is 12.6. The van der Waals surface area contributed by atoms with Crippen molar-refractivity contribution in [2.24, 2.45) is 10.9 Å². The summed E-state index contributed by atoms with van der Waals surface area (Å²) in [7, 11) is 0. The summed E-state index contributed by atoms with van der Waals surface area (Å²) in [4.78, 5) is 16.2. The number of aromatic hydroxyl groups is 1. The minimum atomic E-state index is -0.878. The maximum Gasteiger partial charge on any atom is 0.343 e. The number of carbonyl (C=O) groups is 1. The highest BCUT2D eigenvalue weighted by Gasteiger charge is 2.15. The Bertz CT molecular complexity index is 785. The summed E-state index contributed by atoms with van der Waals surface area (Å²) in [5, 5.41) is 20.1. The Morgan fingerprint density at radius 3 is 2.48 bits per heavy atom. The van der Waals surface area contributed by atoms with Crippen LogP contribution >= 0.6 is 15.9 Å². The minimum Gasteiger partial charge on any atom is -0.504 e. The highest BCUT2D eigenvalue weighted by Crippen LogP contribution is 2.33. The quantitative estimate of drug-likeness (QED) is 0.446. The number of aliphatic hydroxyl groups is 1. The van der Waals surface area contributed by atoms with Crippen LogP contribution in [-0.4, -0.2) is 28.6 Å². The molecule has 2 N–H and O–H groups in total. The number of nitrogens with zero attached hydrogens (tertiary/aromatic N) is 1. The summed E-state index contributed by atoms with van der Waals surface area (Å²) in [5.74, 6) is -0.827. The van der Waals surface area contributed by atoms with E-state index < -0.39 is 12.2 Å². The largest absolute Gasteiger partial charge is 0.504 e. The van der Waals surface area contributed by atoms with Crippen LogP contribution in [0, 0.1) is 12.8 Å². The number of rotatable bonds is 5. The number of halogens is 1. The van der Waals surface area contributed by atoms with Gasteiger partial charge in [-0.3, -0.25) is 4.99 Å². The third-order valence-electron chi connectivity index (χ3n) is 3.52. The van der Waals surface area contributed by atoms with Gasteiger partial charge in [0, 0.05) is 16.3 Å². The van der Waals surface area contributed by atoms with Crippen molar-refractivity contribution in [3.8, 4) is 11.5 Å².